The predicted octanol–water partition coefficient (Wildman–Crippen LogP) is 2.08. The minimum Gasteiger partial charge on any atom is -0.478 e. The van der Waals surface area contributed by atoms with Gasteiger partial charge in [0.1, 0.15) is 0 Å². The van der Waals surface area contributed by atoms with Crippen LogP contribution in [0.3, 0.4) is 0 Å². The zero-order valence-electron chi connectivity index (χ0n) is 11.6. The molecule has 5 heteroatoms. The quantitative estimate of drug-likeness (QED) is 0.926. The van der Waals surface area contributed by atoms with Crippen LogP contribution in [0.2, 0.25) is 0 Å². The fourth-order valence-electron chi connectivity index (χ4n) is 3.07. The van der Waals surface area contributed by atoms with Crippen molar-refractivity contribution in [2.24, 2.45) is 5.92 Å². The largest absolute Gasteiger partial charge is 0.478 e. The smallest absolute Gasteiger partial charge is 0.337 e. The van der Waals surface area contributed by atoms with E-state index >= 15 is 0 Å². The van der Waals surface area contributed by atoms with E-state index in [4.69, 9.17) is 0 Å². The van der Waals surface area contributed by atoms with Crippen molar-refractivity contribution in [3.05, 3.63) is 30.1 Å². The SMILES string of the molecule is CCN1CCC(Cn2cnc3cccc(C(=O)O)c32)C1. The topological polar surface area (TPSA) is 58.4 Å². The first-order valence-electron chi connectivity index (χ1n) is 7.08. The van der Waals surface area contributed by atoms with Gasteiger partial charge in [-0.1, -0.05) is 13.0 Å². The molecule has 0 bridgehead atoms. The Morgan fingerprint density at radius 2 is 2.35 bits per heavy atom. The molecule has 0 saturated carbocycles. The first-order chi connectivity index (χ1) is 9.69. The van der Waals surface area contributed by atoms with Crippen LogP contribution >= 0.6 is 0 Å². The average Bonchev–Trinajstić information content (AvgIpc) is 3.06. The molecule has 1 atom stereocenters. The van der Waals surface area contributed by atoms with E-state index in [1.54, 1.807) is 18.5 Å². The zero-order valence-corrected chi connectivity index (χ0v) is 11.6. The first-order valence-corrected chi connectivity index (χ1v) is 7.08. The second-order valence-electron chi connectivity index (χ2n) is 5.42. The normalized spacial score (nSPS) is 19.8. The molecule has 1 aliphatic heterocycles. The summed E-state index contributed by atoms with van der Waals surface area (Å²) < 4.78 is 2.00. The summed E-state index contributed by atoms with van der Waals surface area (Å²) in [5.41, 5.74) is 1.84. The fourth-order valence-corrected chi connectivity index (χ4v) is 3.07. The lowest BCUT2D eigenvalue weighted by Crippen LogP contribution is -2.21. The van der Waals surface area contributed by atoms with Gasteiger partial charge in [0.05, 0.1) is 22.9 Å². The molecule has 0 spiro atoms. The molecule has 0 radical (unpaired) electrons. The van der Waals surface area contributed by atoms with Crippen LogP contribution in [0.15, 0.2) is 24.5 Å². The van der Waals surface area contributed by atoms with Crippen LogP contribution < -0.4 is 0 Å². The number of hydrogen-bond acceptors (Lipinski definition) is 3. The number of carbonyl (C=O) groups is 1. The summed E-state index contributed by atoms with van der Waals surface area (Å²) in [6.07, 6.45) is 2.94. The number of benzene rings is 1. The van der Waals surface area contributed by atoms with Gasteiger partial charge in [0.2, 0.25) is 0 Å². The van der Waals surface area contributed by atoms with Gasteiger partial charge in [0.15, 0.2) is 0 Å². The number of carboxylic acids is 1. The van der Waals surface area contributed by atoms with Crippen molar-refractivity contribution in [1.82, 2.24) is 14.5 Å². The molecule has 5 nitrogen and oxygen atoms in total. The zero-order chi connectivity index (χ0) is 14.1. The molecule has 2 heterocycles. The molecule has 3 rings (SSSR count). The van der Waals surface area contributed by atoms with Crippen molar-refractivity contribution >= 4 is 17.0 Å². The van der Waals surface area contributed by atoms with Gasteiger partial charge in [-0.25, -0.2) is 9.78 Å². The predicted molar refractivity (Wildman–Crippen MR) is 76.9 cm³/mol. The molecule has 1 aromatic carbocycles. The highest BCUT2D eigenvalue weighted by atomic mass is 16.4. The number of rotatable bonds is 4. The summed E-state index contributed by atoms with van der Waals surface area (Å²) in [5, 5.41) is 9.32. The number of hydrogen-bond donors (Lipinski definition) is 1. The summed E-state index contributed by atoms with van der Waals surface area (Å²) in [6, 6.07) is 5.26. The maximum absolute atomic E-state index is 11.4. The van der Waals surface area contributed by atoms with Crippen LogP contribution in [0.4, 0.5) is 0 Å². The minimum absolute atomic E-state index is 0.338. The maximum Gasteiger partial charge on any atom is 0.337 e. The highest BCUT2D eigenvalue weighted by Gasteiger charge is 2.23. The summed E-state index contributed by atoms with van der Waals surface area (Å²) in [5.74, 6) is -0.312. The van der Waals surface area contributed by atoms with Crippen molar-refractivity contribution < 1.29 is 9.90 Å². The molecule has 106 valence electrons. The van der Waals surface area contributed by atoms with E-state index in [9.17, 15) is 9.90 Å². The Balaban J connectivity index is 1.90. The summed E-state index contributed by atoms with van der Waals surface area (Å²) in [4.78, 5) is 18.1. The Morgan fingerprint density at radius 1 is 1.50 bits per heavy atom. The fraction of sp³-hybridized carbons (Fsp3) is 0.467. The molecule has 1 saturated heterocycles. The van der Waals surface area contributed by atoms with Crippen LogP contribution in [0.1, 0.15) is 23.7 Å². The molecular weight excluding hydrogens is 254 g/mol. The second-order valence-corrected chi connectivity index (χ2v) is 5.42. The number of aromatic carboxylic acids is 1. The molecular formula is C15H19N3O2. The van der Waals surface area contributed by atoms with Crippen molar-refractivity contribution in [2.75, 3.05) is 19.6 Å². The Kier molecular flexibility index (Phi) is 3.44. The van der Waals surface area contributed by atoms with Crippen molar-refractivity contribution in [3.63, 3.8) is 0 Å². The highest BCUT2D eigenvalue weighted by molar-refractivity contribution is 6.01. The molecule has 2 aromatic rings. The van der Waals surface area contributed by atoms with Crippen LogP contribution in [0.25, 0.3) is 11.0 Å². The third kappa shape index (κ3) is 2.29. The number of fused-ring (bicyclic) bond motifs is 1. The van der Waals surface area contributed by atoms with Gasteiger partial charge >= 0.3 is 5.97 Å². The highest BCUT2D eigenvalue weighted by Crippen LogP contribution is 2.23. The molecule has 1 unspecified atom stereocenters. The number of likely N-dealkylation sites (tertiary alicyclic amines) is 1. The van der Waals surface area contributed by atoms with Gasteiger partial charge in [-0.15, -0.1) is 0 Å². The third-order valence-corrected chi connectivity index (χ3v) is 4.14. The van der Waals surface area contributed by atoms with Crippen LogP contribution in [-0.2, 0) is 6.54 Å². The van der Waals surface area contributed by atoms with Gasteiger partial charge < -0.3 is 14.6 Å². The van der Waals surface area contributed by atoms with E-state index in [2.05, 4.69) is 16.8 Å². The minimum atomic E-state index is -0.890. The van der Waals surface area contributed by atoms with Crippen LogP contribution in [0.5, 0.6) is 0 Å². The third-order valence-electron chi connectivity index (χ3n) is 4.14. The van der Waals surface area contributed by atoms with E-state index < -0.39 is 5.97 Å². The number of aromatic nitrogens is 2. The number of imidazole rings is 1. The number of nitrogens with zero attached hydrogens (tertiary/aromatic N) is 3. The Bertz CT molecular complexity index is 635. The molecule has 1 fully saturated rings. The molecule has 0 amide bonds. The number of para-hydroxylation sites is 1. The standard InChI is InChI=1S/C15H19N3O2/c1-2-17-7-6-11(8-17)9-18-10-16-13-5-3-4-12(14(13)18)15(19)20/h3-5,10-11H,2,6-9H2,1H3,(H,19,20). The van der Waals surface area contributed by atoms with Gasteiger partial charge in [-0.3, -0.25) is 0 Å². The molecule has 20 heavy (non-hydrogen) atoms. The molecule has 1 aliphatic rings. The number of carboxylic acid groups (broad SMARTS) is 1. The average molecular weight is 273 g/mol. The molecule has 1 N–H and O–H groups in total. The summed E-state index contributed by atoms with van der Waals surface area (Å²) >= 11 is 0. The Labute approximate surface area is 117 Å². The second kappa shape index (κ2) is 5.25. The lowest BCUT2D eigenvalue weighted by Gasteiger charge is -2.14. The van der Waals surface area contributed by atoms with E-state index in [0.29, 0.717) is 11.5 Å². The van der Waals surface area contributed by atoms with Gasteiger partial charge in [0.25, 0.3) is 0 Å². The van der Waals surface area contributed by atoms with Gasteiger partial charge in [-0.05, 0) is 37.6 Å². The van der Waals surface area contributed by atoms with Crippen molar-refractivity contribution in [2.45, 2.75) is 19.9 Å². The van der Waals surface area contributed by atoms with E-state index in [0.717, 1.165) is 37.2 Å². The van der Waals surface area contributed by atoms with E-state index in [1.807, 2.05) is 10.6 Å². The first kappa shape index (κ1) is 13.1. The van der Waals surface area contributed by atoms with E-state index in [-0.39, 0.29) is 0 Å². The lowest BCUT2D eigenvalue weighted by molar-refractivity contribution is 0.0698. The van der Waals surface area contributed by atoms with Crippen molar-refractivity contribution in [1.29, 1.82) is 0 Å². The van der Waals surface area contributed by atoms with E-state index in [1.165, 1.54) is 6.42 Å². The van der Waals surface area contributed by atoms with Crippen molar-refractivity contribution in [3.8, 4) is 0 Å². The molecule has 0 aliphatic carbocycles. The monoisotopic (exact) mass is 273 g/mol. The van der Waals surface area contributed by atoms with Crippen LogP contribution in [0, 0.1) is 5.92 Å². The Hall–Kier alpha value is -1.88. The van der Waals surface area contributed by atoms with Crippen LogP contribution in [-0.4, -0.2) is 45.2 Å². The van der Waals surface area contributed by atoms with Gasteiger partial charge in [-0.2, -0.15) is 0 Å². The maximum atomic E-state index is 11.4. The molecule has 1 aromatic heterocycles. The Morgan fingerprint density at radius 3 is 3.05 bits per heavy atom. The summed E-state index contributed by atoms with van der Waals surface area (Å²) in [6.45, 7) is 6.33. The van der Waals surface area contributed by atoms with Gasteiger partial charge in [0, 0.05) is 13.1 Å². The summed E-state index contributed by atoms with van der Waals surface area (Å²) in [7, 11) is 0. The lowest BCUT2D eigenvalue weighted by atomic mass is 10.1.